The van der Waals surface area contributed by atoms with Crippen LogP contribution in [-0.2, 0) is 24.0 Å². The van der Waals surface area contributed by atoms with E-state index < -0.39 is 35.3 Å². The number of β-lactam (4-membered cyclic amide) rings is 1. The number of fused-ring (bicyclic) bond motifs is 1. The number of benzene rings is 2. The molecule has 12 nitrogen and oxygen atoms in total. The molecule has 0 saturated carbocycles. The Balaban J connectivity index is 1.29. The lowest BCUT2D eigenvalue weighted by Crippen LogP contribution is -2.71. The summed E-state index contributed by atoms with van der Waals surface area (Å²) >= 11 is 2.37. The first-order valence-electron chi connectivity index (χ1n) is 15.3. The minimum absolute atomic E-state index is 0.00871. The average molecular weight is 675 g/mol. The van der Waals surface area contributed by atoms with Gasteiger partial charge < -0.3 is 25.1 Å². The van der Waals surface area contributed by atoms with Crippen molar-refractivity contribution in [3.05, 3.63) is 101 Å². The Hall–Kier alpha value is -4.53. The van der Waals surface area contributed by atoms with E-state index in [2.05, 4.69) is 33.0 Å². The van der Waals surface area contributed by atoms with Crippen LogP contribution in [0.3, 0.4) is 0 Å². The Morgan fingerprint density at radius 1 is 1.13 bits per heavy atom. The first kappa shape index (κ1) is 32.4. The summed E-state index contributed by atoms with van der Waals surface area (Å²) in [5.74, 6) is -1.32. The van der Waals surface area contributed by atoms with E-state index in [4.69, 9.17) is 15.3 Å². The average Bonchev–Trinajstić information content (AvgIpc) is 3.73. The number of nitrogens with zero attached hydrogens (tertiary/aromatic N) is 5. The number of oxime groups is 1. The Labute approximate surface area is 281 Å². The van der Waals surface area contributed by atoms with Crippen LogP contribution in [0.15, 0.2) is 89.2 Å². The molecule has 0 aliphatic carbocycles. The van der Waals surface area contributed by atoms with Gasteiger partial charge in [0.2, 0.25) is 11.5 Å². The number of amides is 2. The Morgan fingerprint density at radius 3 is 2.38 bits per heavy atom. The Bertz CT molecular complexity index is 1680. The van der Waals surface area contributed by atoms with Gasteiger partial charge in [-0.1, -0.05) is 71.9 Å². The van der Waals surface area contributed by atoms with Crippen LogP contribution in [-0.4, -0.2) is 93.2 Å². The second kappa shape index (κ2) is 14.1. The number of anilines is 1. The summed E-state index contributed by atoms with van der Waals surface area (Å²) in [6.07, 6.45) is 5.73. The number of hydrogen-bond donors (Lipinski definition) is 2. The summed E-state index contributed by atoms with van der Waals surface area (Å²) in [6.45, 7) is 3.03. The van der Waals surface area contributed by atoms with Crippen LogP contribution in [0.2, 0.25) is 0 Å². The molecule has 47 heavy (non-hydrogen) atoms. The maximum Gasteiger partial charge on any atom is 0.356 e. The van der Waals surface area contributed by atoms with Crippen LogP contribution < -0.4 is 11.1 Å². The summed E-state index contributed by atoms with van der Waals surface area (Å²) in [4.78, 5) is 51.6. The number of ether oxygens (including phenoxy) is 1. The molecule has 4 heterocycles. The van der Waals surface area contributed by atoms with Crippen molar-refractivity contribution in [1.29, 1.82) is 0 Å². The highest BCUT2D eigenvalue weighted by molar-refractivity contribution is 8.00. The molecular weight excluding hydrogens is 639 g/mol. The van der Waals surface area contributed by atoms with Gasteiger partial charge in [-0.05, 0) is 22.8 Å². The highest BCUT2D eigenvalue weighted by atomic mass is 32.2. The molecule has 6 rings (SSSR count). The molecule has 3 aromatic rings. The van der Waals surface area contributed by atoms with Crippen LogP contribution in [0.4, 0.5) is 5.13 Å². The van der Waals surface area contributed by atoms with Crippen molar-refractivity contribution in [1.82, 2.24) is 19.6 Å². The molecule has 1 unspecified atom stereocenters. The molecular formula is C33H36N7O5S2+. The van der Waals surface area contributed by atoms with Crippen molar-refractivity contribution >= 4 is 51.9 Å². The first-order valence-corrected chi connectivity index (χ1v) is 17.1. The predicted octanol–water partition coefficient (Wildman–Crippen LogP) is 3.25. The highest BCUT2D eigenvalue weighted by Crippen LogP contribution is 2.42. The fourth-order valence-corrected chi connectivity index (χ4v) is 7.81. The first-order chi connectivity index (χ1) is 22.8. The van der Waals surface area contributed by atoms with Crippen molar-refractivity contribution in [2.75, 3.05) is 45.3 Å². The normalized spacial score (nSPS) is 20.7. The molecule has 2 saturated heterocycles. The van der Waals surface area contributed by atoms with Crippen LogP contribution >= 0.6 is 23.3 Å². The number of esters is 1. The lowest BCUT2D eigenvalue weighted by molar-refractivity contribution is -0.891. The maximum atomic E-state index is 14.2. The summed E-state index contributed by atoms with van der Waals surface area (Å²) in [7, 11) is 3.53. The van der Waals surface area contributed by atoms with Crippen LogP contribution in [0.25, 0.3) is 0 Å². The third-order valence-corrected chi connectivity index (χ3v) is 10.3. The quantitative estimate of drug-likeness (QED) is 0.103. The van der Waals surface area contributed by atoms with Gasteiger partial charge in [0.15, 0.2) is 11.2 Å². The molecule has 3 N–H and O–H groups in total. The van der Waals surface area contributed by atoms with E-state index in [9.17, 15) is 14.4 Å². The van der Waals surface area contributed by atoms with E-state index in [1.165, 1.54) is 36.6 Å². The molecule has 14 heteroatoms. The highest BCUT2D eigenvalue weighted by Gasteiger charge is 2.55. The third kappa shape index (κ3) is 6.94. The van der Waals surface area contributed by atoms with Crippen LogP contribution in [0.1, 0.15) is 35.9 Å². The van der Waals surface area contributed by atoms with E-state index in [1.54, 1.807) is 0 Å². The number of quaternary nitrogens is 1. The lowest BCUT2D eigenvalue weighted by Gasteiger charge is -2.49. The van der Waals surface area contributed by atoms with Crippen LogP contribution in [0, 0.1) is 0 Å². The fourth-order valence-electron chi connectivity index (χ4n) is 6.05. The molecule has 2 amide bonds. The van der Waals surface area contributed by atoms with E-state index in [-0.39, 0.29) is 22.4 Å². The van der Waals surface area contributed by atoms with Gasteiger partial charge in [0, 0.05) is 30.1 Å². The van der Waals surface area contributed by atoms with E-state index >= 15 is 0 Å². The zero-order valence-electron chi connectivity index (χ0n) is 26.1. The molecule has 0 spiro atoms. The van der Waals surface area contributed by atoms with Gasteiger partial charge in [0.25, 0.3) is 11.8 Å². The van der Waals surface area contributed by atoms with Gasteiger partial charge >= 0.3 is 5.97 Å². The monoisotopic (exact) mass is 674 g/mol. The number of rotatable bonds is 11. The summed E-state index contributed by atoms with van der Waals surface area (Å²) in [5.41, 5.74) is 7.98. The third-order valence-electron chi connectivity index (χ3n) is 8.47. The van der Waals surface area contributed by atoms with Crippen molar-refractivity contribution in [3.8, 4) is 0 Å². The molecule has 3 aliphatic heterocycles. The minimum atomic E-state index is -0.924. The molecule has 2 atom stereocenters. The molecule has 0 bridgehead atoms. The fraction of sp³-hybridized carbons (Fsp3) is 0.333. The predicted molar refractivity (Wildman–Crippen MR) is 180 cm³/mol. The molecule has 2 aromatic carbocycles. The Kier molecular flexibility index (Phi) is 9.71. The summed E-state index contributed by atoms with van der Waals surface area (Å²) in [5, 5.41) is 6.12. The smallest absolute Gasteiger partial charge is 0.356 e. The van der Waals surface area contributed by atoms with Gasteiger partial charge in [-0.25, -0.2) is 4.79 Å². The largest absolute Gasteiger partial charge is 0.448 e. The topological polar surface area (TPSA) is 149 Å². The van der Waals surface area contributed by atoms with Crippen molar-refractivity contribution in [3.63, 3.8) is 0 Å². The molecule has 1 aromatic heterocycles. The van der Waals surface area contributed by atoms with Crippen molar-refractivity contribution in [2.45, 2.75) is 30.4 Å². The number of likely N-dealkylation sites (N-methyl/N-ethyl adjacent to an activating group) is 1. The number of nitrogen functional groups attached to an aromatic ring is 1. The standard InChI is InChI=1S/C33H35N7O5S2/c1-40(17-9-10-18-40)19-11-16-23-20-46-31-25(35-29(41)24(37-44-2)28-36-33(34)47-38-28)30(42)39(31)26(23)32(43)45-27(21-12-5-3-6-13-21)22-14-7-4-8-15-22/h3-8,11-16,25,27,31H,9-10,17-20H2,1-2H3,(H2-,34,35,36,38,41)/p+1/t25?,31-/m0/s1. The van der Waals surface area contributed by atoms with Crippen molar-refractivity contribution < 1.29 is 28.4 Å². The second-order valence-electron chi connectivity index (χ2n) is 11.8. The summed E-state index contributed by atoms with van der Waals surface area (Å²) < 4.78 is 11.2. The minimum Gasteiger partial charge on any atom is -0.448 e. The van der Waals surface area contributed by atoms with Gasteiger partial charge in [0.1, 0.15) is 24.2 Å². The van der Waals surface area contributed by atoms with Gasteiger partial charge in [-0.2, -0.15) is 9.36 Å². The number of hydrogen-bond acceptors (Lipinski definition) is 11. The summed E-state index contributed by atoms with van der Waals surface area (Å²) in [6, 6.07) is 18.1. The molecule has 0 radical (unpaired) electrons. The number of aromatic nitrogens is 2. The van der Waals surface area contributed by atoms with Crippen molar-refractivity contribution in [2.24, 2.45) is 5.16 Å². The van der Waals surface area contributed by atoms with E-state index in [0.29, 0.717) is 11.3 Å². The van der Waals surface area contributed by atoms with E-state index in [0.717, 1.165) is 46.8 Å². The molecule has 244 valence electrons. The zero-order chi connectivity index (χ0) is 33.0. The Morgan fingerprint density at radius 2 is 1.79 bits per heavy atom. The maximum absolute atomic E-state index is 14.2. The van der Waals surface area contributed by atoms with E-state index in [1.807, 2.05) is 66.7 Å². The molecule has 3 aliphatic rings. The number of nitrogens with two attached hydrogens (primary N) is 1. The number of nitrogens with one attached hydrogen (secondary N) is 1. The second-order valence-corrected chi connectivity index (χ2v) is 13.7. The molecule has 2 fully saturated rings. The zero-order valence-corrected chi connectivity index (χ0v) is 27.7. The van der Waals surface area contributed by atoms with Gasteiger partial charge in [-0.3, -0.25) is 14.5 Å². The number of likely N-dealkylation sites (tertiary alicyclic amines) is 1. The number of carbonyl (C=O) groups excluding carboxylic acids is 3. The number of allylic oxidation sites excluding steroid dienone is 1. The number of carbonyl (C=O) groups is 3. The number of thioether (sulfide) groups is 1. The van der Waals surface area contributed by atoms with Gasteiger partial charge in [0.05, 0.1) is 26.7 Å². The van der Waals surface area contributed by atoms with Crippen LogP contribution in [0.5, 0.6) is 0 Å². The lowest BCUT2D eigenvalue weighted by atomic mass is 10.0. The van der Waals surface area contributed by atoms with Gasteiger partial charge in [-0.15, -0.1) is 11.8 Å². The SMILES string of the molecule is CON=C(C(=O)NC1C(=O)N2C(C(=O)OC(c3ccccc3)c3ccccc3)=C(C=CC[N+]3(C)CCCC3)CS[C@@H]12)c1nsc(N)n1.